The van der Waals surface area contributed by atoms with Gasteiger partial charge < -0.3 is 10.5 Å². The summed E-state index contributed by atoms with van der Waals surface area (Å²) in [4.78, 5) is 11.4. The monoisotopic (exact) mass is 185 g/mol. The third kappa shape index (κ3) is 2.21. The number of carbonyl (C=O) groups excluding carboxylic acids is 1. The van der Waals surface area contributed by atoms with Crippen LogP contribution in [0.1, 0.15) is 39.5 Å². The van der Waals surface area contributed by atoms with Crippen molar-refractivity contribution in [3.63, 3.8) is 0 Å². The Morgan fingerprint density at radius 1 is 1.23 bits per heavy atom. The predicted molar refractivity (Wildman–Crippen MR) is 51.2 cm³/mol. The molecule has 1 fully saturated rings. The van der Waals surface area contributed by atoms with Crippen LogP contribution >= 0.6 is 0 Å². The Bertz CT molecular complexity index is 201. The highest BCUT2D eigenvalue weighted by molar-refractivity contribution is 5.76. The number of ether oxygens (including phenoxy) is 1. The van der Waals surface area contributed by atoms with Crippen LogP contribution in [-0.4, -0.2) is 18.6 Å². The van der Waals surface area contributed by atoms with Crippen LogP contribution in [0.15, 0.2) is 0 Å². The van der Waals surface area contributed by atoms with Gasteiger partial charge in [0.05, 0.1) is 12.5 Å². The SMILES string of the molecule is COC(=O)C1(C)CCC(C)(N)CC1. The molecule has 0 radical (unpaired) electrons. The normalized spacial score (nSPS) is 40.0. The lowest BCUT2D eigenvalue weighted by molar-refractivity contribution is -0.154. The topological polar surface area (TPSA) is 52.3 Å². The summed E-state index contributed by atoms with van der Waals surface area (Å²) in [5.74, 6) is -0.0944. The molecular formula is C10H19NO2. The van der Waals surface area contributed by atoms with Gasteiger partial charge in [-0.2, -0.15) is 0 Å². The van der Waals surface area contributed by atoms with E-state index in [0.717, 1.165) is 25.7 Å². The molecule has 1 rings (SSSR count). The largest absolute Gasteiger partial charge is 0.469 e. The van der Waals surface area contributed by atoms with Crippen LogP contribution in [0.5, 0.6) is 0 Å². The zero-order valence-corrected chi connectivity index (χ0v) is 8.72. The quantitative estimate of drug-likeness (QED) is 0.629. The van der Waals surface area contributed by atoms with Crippen molar-refractivity contribution in [1.29, 1.82) is 0 Å². The van der Waals surface area contributed by atoms with Gasteiger partial charge in [0.15, 0.2) is 0 Å². The first kappa shape index (κ1) is 10.5. The number of rotatable bonds is 1. The van der Waals surface area contributed by atoms with Crippen LogP contribution in [0.25, 0.3) is 0 Å². The van der Waals surface area contributed by atoms with E-state index < -0.39 is 0 Å². The van der Waals surface area contributed by atoms with E-state index in [1.807, 2.05) is 13.8 Å². The third-order valence-corrected chi connectivity index (χ3v) is 3.17. The number of methoxy groups -OCH3 is 1. The fraction of sp³-hybridized carbons (Fsp3) is 0.900. The number of nitrogens with two attached hydrogens (primary N) is 1. The van der Waals surface area contributed by atoms with E-state index in [1.165, 1.54) is 7.11 Å². The first-order chi connectivity index (χ1) is 5.90. The van der Waals surface area contributed by atoms with Crippen molar-refractivity contribution in [3.05, 3.63) is 0 Å². The Kier molecular flexibility index (Phi) is 2.66. The maximum atomic E-state index is 11.4. The first-order valence-electron chi connectivity index (χ1n) is 4.77. The minimum Gasteiger partial charge on any atom is -0.469 e. The van der Waals surface area contributed by atoms with Gasteiger partial charge >= 0.3 is 5.97 Å². The number of hydrogen-bond donors (Lipinski definition) is 1. The molecule has 0 bridgehead atoms. The maximum Gasteiger partial charge on any atom is 0.311 e. The molecule has 0 unspecified atom stereocenters. The zero-order chi connectivity index (χ0) is 10.1. The lowest BCUT2D eigenvalue weighted by atomic mass is 9.69. The summed E-state index contributed by atoms with van der Waals surface area (Å²) < 4.78 is 4.78. The molecule has 0 aromatic heterocycles. The molecule has 3 heteroatoms. The summed E-state index contributed by atoms with van der Waals surface area (Å²) in [6.07, 6.45) is 3.48. The summed E-state index contributed by atoms with van der Waals surface area (Å²) in [5, 5.41) is 0. The molecule has 0 heterocycles. The van der Waals surface area contributed by atoms with Gasteiger partial charge in [-0.25, -0.2) is 0 Å². The molecule has 2 N–H and O–H groups in total. The highest BCUT2D eigenvalue weighted by atomic mass is 16.5. The predicted octanol–water partition coefficient (Wildman–Crippen LogP) is 1.46. The van der Waals surface area contributed by atoms with Crippen molar-refractivity contribution < 1.29 is 9.53 Å². The Morgan fingerprint density at radius 2 is 1.69 bits per heavy atom. The van der Waals surface area contributed by atoms with Crippen molar-refractivity contribution in [3.8, 4) is 0 Å². The van der Waals surface area contributed by atoms with E-state index in [1.54, 1.807) is 0 Å². The van der Waals surface area contributed by atoms with E-state index in [-0.39, 0.29) is 16.9 Å². The van der Waals surface area contributed by atoms with E-state index in [4.69, 9.17) is 10.5 Å². The molecule has 0 spiro atoms. The molecule has 0 atom stereocenters. The van der Waals surface area contributed by atoms with E-state index in [0.29, 0.717) is 0 Å². The fourth-order valence-corrected chi connectivity index (χ4v) is 1.82. The van der Waals surface area contributed by atoms with Crippen molar-refractivity contribution in [1.82, 2.24) is 0 Å². The molecule has 1 aliphatic rings. The van der Waals surface area contributed by atoms with Crippen LogP contribution in [0.3, 0.4) is 0 Å². The molecule has 1 saturated carbocycles. The van der Waals surface area contributed by atoms with Gasteiger partial charge in [-0.1, -0.05) is 0 Å². The van der Waals surface area contributed by atoms with Crippen molar-refractivity contribution in [2.45, 2.75) is 45.1 Å². The van der Waals surface area contributed by atoms with Crippen LogP contribution in [-0.2, 0) is 9.53 Å². The maximum absolute atomic E-state index is 11.4. The molecule has 13 heavy (non-hydrogen) atoms. The van der Waals surface area contributed by atoms with Gasteiger partial charge in [0.2, 0.25) is 0 Å². The smallest absolute Gasteiger partial charge is 0.311 e. The summed E-state index contributed by atoms with van der Waals surface area (Å²) in [6.45, 7) is 4.01. The third-order valence-electron chi connectivity index (χ3n) is 3.17. The highest BCUT2D eigenvalue weighted by Gasteiger charge is 2.41. The Balaban J connectivity index is 2.61. The molecular weight excluding hydrogens is 166 g/mol. The standard InChI is InChI=1S/C10H19NO2/c1-9(8(12)13-3)4-6-10(2,11)7-5-9/h4-7,11H2,1-3H3. The minimum atomic E-state index is -0.298. The Morgan fingerprint density at radius 3 is 2.08 bits per heavy atom. The second-order valence-electron chi connectivity index (χ2n) is 4.71. The highest BCUT2D eigenvalue weighted by Crippen LogP contribution is 2.40. The fourth-order valence-electron chi connectivity index (χ4n) is 1.82. The molecule has 76 valence electrons. The van der Waals surface area contributed by atoms with Gasteiger partial charge in [-0.05, 0) is 39.5 Å². The van der Waals surface area contributed by atoms with Gasteiger partial charge in [0, 0.05) is 5.54 Å². The molecule has 1 aliphatic carbocycles. The molecule has 0 aromatic carbocycles. The van der Waals surface area contributed by atoms with E-state index in [2.05, 4.69) is 0 Å². The summed E-state index contributed by atoms with van der Waals surface area (Å²) >= 11 is 0. The summed E-state index contributed by atoms with van der Waals surface area (Å²) in [5.41, 5.74) is 5.60. The molecule has 0 saturated heterocycles. The van der Waals surface area contributed by atoms with E-state index in [9.17, 15) is 4.79 Å². The first-order valence-corrected chi connectivity index (χ1v) is 4.77. The molecule has 3 nitrogen and oxygen atoms in total. The number of hydrogen-bond acceptors (Lipinski definition) is 3. The molecule has 0 aliphatic heterocycles. The van der Waals surface area contributed by atoms with Crippen LogP contribution < -0.4 is 5.73 Å². The number of esters is 1. The van der Waals surface area contributed by atoms with Crippen LogP contribution in [0.2, 0.25) is 0 Å². The second kappa shape index (κ2) is 3.29. The van der Waals surface area contributed by atoms with E-state index >= 15 is 0 Å². The average Bonchev–Trinajstić information content (AvgIpc) is 2.09. The Hall–Kier alpha value is -0.570. The zero-order valence-electron chi connectivity index (χ0n) is 8.72. The van der Waals surface area contributed by atoms with Crippen LogP contribution in [0.4, 0.5) is 0 Å². The number of carbonyl (C=O) groups is 1. The van der Waals surface area contributed by atoms with Gasteiger partial charge in [-0.15, -0.1) is 0 Å². The second-order valence-corrected chi connectivity index (χ2v) is 4.71. The minimum absolute atomic E-state index is 0.0898. The lowest BCUT2D eigenvalue weighted by Crippen LogP contribution is -2.45. The van der Waals surface area contributed by atoms with Gasteiger partial charge in [0.25, 0.3) is 0 Å². The van der Waals surface area contributed by atoms with Gasteiger partial charge in [0.1, 0.15) is 0 Å². The summed E-state index contributed by atoms with van der Waals surface area (Å²) in [6, 6.07) is 0. The van der Waals surface area contributed by atoms with Crippen LogP contribution in [0, 0.1) is 5.41 Å². The molecule has 0 aromatic rings. The van der Waals surface area contributed by atoms with Crippen molar-refractivity contribution >= 4 is 5.97 Å². The summed E-state index contributed by atoms with van der Waals surface area (Å²) in [7, 11) is 1.45. The van der Waals surface area contributed by atoms with Gasteiger partial charge in [-0.3, -0.25) is 4.79 Å². The molecule has 0 amide bonds. The Labute approximate surface area is 79.6 Å². The lowest BCUT2D eigenvalue weighted by Gasteiger charge is -2.39. The average molecular weight is 185 g/mol. The van der Waals surface area contributed by atoms with Crippen molar-refractivity contribution in [2.75, 3.05) is 7.11 Å². The van der Waals surface area contributed by atoms with Crippen molar-refractivity contribution in [2.24, 2.45) is 11.1 Å².